The van der Waals surface area contributed by atoms with Crippen LogP contribution in [0.2, 0.25) is 0 Å². The van der Waals surface area contributed by atoms with Crippen molar-refractivity contribution in [3.05, 3.63) is 54.1 Å². The van der Waals surface area contributed by atoms with Crippen molar-refractivity contribution >= 4 is 27.3 Å². The molecular weight excluding hydrogens is 336 g/mol. The SMILES string of the molecule is CCCC(=O)Nc1ccccc1NS(=O)(=O)c1ccc(C(C)C)cc1. The number of hydrogen-bond donors (Lipinski definition) is 2. The van der Waals surface area contributed by atoms with Crippen molar-refractivity contribution in [2.24, 2.45) is 0 Å². The van der Waals surface area contributed by atoms with Gasteiger partial charge in [-0.1, -0.05) is 45.0 Å². The Balaban J connectivity index is 2.24. The van der Waals surface area contributed by atoms with E-state index in [1.807, 2.05) is 19.1 Å². The molecule has 134 valence electrons. The standard InChI is InChI=1S/C19H24N2O3S/c1-4-7-19(22)20-17-8-5-6-9-18(17)21-25(23,24)16-12-10-15(11-13-16)14(2)3/h5-6,8-14,21H,4,7H2,1-3H3,(H,20,22). The number of anilines is 2. The summed E-state index contributed by atoms with van der Waals surface area (Å²) < 4.78 is 27.8. The van der Waals surface area contributed by atoms with Crippen molar-refractivity contribution in [2.75, 3.05) is 10.0 Å². The normalized spacial score (nSPS) is 11.4. The number of benzene rings is 2. The molecule has 0 radical (unpaired) electrons. The van der Waals surface area contributed by atoms with E-state index in [9.17, 15) is 13.2 Å². The van der Waals surface area contributed by atoms with E-state index >= 15 is 0 Å². The average Bonchev–Trinajstić information content (AvgIpc) is 2.57. The molecule has 2 aromatic carbocycles. The van der Waals surface area contributed by atoms with Gasteiger partial charge in [-0.2, -0.15) is 0 Å². The first-order valence-electron chi connectivity index (χ1n) is 8.35. The van der Waals surface area contributed by atoms with Crippen molar-refractivity contribution in [3.8, 4) is 0 Å². The van der Waals surface area contributed by atoms with Crippen molar-refractivity contribution in [1.82, 2.24) is 0 Å². The van der Waals surface area contributed by atoms with Gasteiger partial charge >= 0.3 is 0 Å². The molecule has 0 aromatic heterocycles. The van der Waals surface area contributed by atoms with E-state index in [2.05, 4.69) is 23.9 Å². The summed E-state index contributed by atoms with van der Waals surface area (Å²) in [7, 11) is -3.73. The van der Waals surface area contributed by atoms with Crippen molar-refractivity contribution in [1.29, 1.82) is 0 Å². The molecule has 0 unspecified atom stereocenters. The van der Waals surface area contributed by atoms with Crippen molar-refractivity contribution in [3.63, 3.8) is 0 Å². The van der Waals surface area contributed by atoms with E-state index in [-0.39, 0.29) is 10.8 Å². The van der Waals surface area contributed by atoms with Gasteiger partial charge < -0.3 is 5.32 Å². The lowest BCUT2D eigenvalue weighted by molar-refractivity contribution is -0.116. The molecule has 2 rings (SSSR count). The fourth-order valence-corrected chi connectivity index (χ4v) is 3.44. The Hall–Kier alpha value is -2.34. The first-order valence-corrected chi connectivity index (χ1v) is 9.83. The topological polar surface area (TPSA) is 75.3 Å². The van der Waals surface area contributed by atoms with Gasteiger partial charge in [0.15, 0.2) is 0 Å². The maximum Gasteiger partial charge on any atom is 0.261 e. The molecule has 0 aliphatic heterocycles. The van der Waals surface area contributed by atoms with E-state index < -0.39 is 10.0 Å². The molecule has 0 heterocycles. The van der Waals surface area contributed by atoms with Gasteiger partial charge in [-0.15, -0.1) is 0 Å². The van der Waals surface area contributed by atoms with Gasteiger partial charge in [-0.05, 0) is 42.2 Å². The number of carbonyl (C=O) groups excluding carboxylic acids is 1. The van der Waals surface area contributed by atoms with Crippen LogP contribution in [0.4, 0.5) is 11.4 Å². The van der Waals surface area contributed by atoms with Gasteiger partial charge in [-0.3, -0.25) is 9.52 Å². The molecular formula is C19H24N2O3S. The predicted molar refractivity (Wildman–Crippen MR) is 101 cm³/mol. The van der Waals surface area contributed by atoms with Crippen molar-refractivity contribution in [2.45, 2.75) is 44.4 Å². The highest BCUT2D eigenvalue weighted by molar-refractivity contribution is 7.92. The molecule has 1 amide bonds. The third-order valence-electron chi connectivity index (χ3n) is 3.78. The molecule has 0 aliphatic carbocycles. The third-order valence-corrected chi connectivity index (χ3v) is 5.16. The maximum atomic E-state index is 12.6. The fourth-order valence-electron chi connectivity index (χ4n) is 2.36. The minimum atomic E-state index is -3.73. The van der Waals surface area contributed by atoms with E-state index in [1.165, 1.54) is 0 Å². The predicted octanol–water partition coefficient (Wildman–Crippen LogP) is 4.35. The van der Waals surface area contributed by atoms with Crippen LogP contribution < -0.4 is 10.0 Å². The Morgan fingerprint density at radius 2 is 1.60 bits per heavy atom. The van der Waals surface area contributed by atoms with Crippen LogP contribution in [-0.4, -0.2) is 14.3 Å². The summed E-state index contributed by atoms with van der Waals surface area (Å²) in [5.74, 6) is 0.189. The zero-order valence-electron chi connectivity index (χ0n) is 14.7. The van der Waals surface area contributed by atoms with Crippen LogP contribution in [0.3, 0.4) is 0 Å². The smallest absolute Gasteiger partial charge is 0.261 e. The van der Waals surface area contributed by atoms with Crippen LogP contribution >= 0.6 is 0 Å². The van der Waals surface area contributed by atoms with E-state index in [4.69, 9.17) is 0 Å². The average molecular weight is 360 g/mol. The van der Waals surface area contributed by atoms with Crippen LogP contribution in [0, 0.1) is 0 Å². The van der Waals surface area contributed by atoms with Crippen LogP contribution in [0.1, 0.15) is 45.1 Å². The fraction of sp³-hybridized carbons (Fsp3) is 0.316. The molecule has 2 N–H and O–H groups in total. The number of para-hydroxylation sites is 2. The molecule has 0 bridgehead atoms. The lowest BCUT2D eigenvalue weighted by Gasteiger charge is -2.14. The number of nitrogens with one attached hydrogen (secondary N) is 2. The van der Waals surface area contributed by atoms with Gasteiger partial charge in [-0.25, -0.2) is 8.42 Å². The van der Waals surface area contributed by atoms with Gasteiger partial charge in [0.05, 0.1) is 16.3 Å². The Labute approximate surface area is 149 Å². The summed E-state index contributed by atoms with van der Waals surface area (Å²) >= 11 is 0. The number of amides is 1. The molecule has 0 fully saturated rings. The molecule has 5 nitrogen and oxygen atoms in total. The number of hydrogen-bond acceptors (Lipinski definition) is 3. The molecule has 0 saturated carbocycles. The van der Waals surface area contributed by atoms with Gasteiger partial charge in [0, 0.05) is 6.42 Å². The summed E-state index contributed by atoms with van der Waals surface area (Å²) in [4.78, 5) is 12.0. The molecule has 25 heavy (non-hydrogen) atoms. The van der Waals surface area contributed by atoms with Crippen LogP contribution in [0.5, 0.6) is 0 Å². The number of rotatable bonds is 7. The largest absolute Gasteiger partial charge is 0.324 e. The maximum absolute atomic E-state index is 12.6. The first-order chi connectivity index (χ1) is 11.8. The van der Waals surface area contributed by atoms with Gasteiger partial charge in [0.25, 0.3) is 10.0 Å². The minimum Gasteiger partial charge on any atom is -0.324 e. The van der Waals surface area contributed by atoms with Crippen LogP contribution in [0.15, 0.2) is 53.4 Å². The Kier molecular flexibility index (Phi) is 6.20. The summed E-state index contributed by atoms with van der Waals surface area (Å²) in [6, 6.07) is 13.6. The monoisotopic (exact) mass is 360 g/mol. The number of carbonyl (C=O) groups is 1. The highest BCUT2D eigenvalue weighted by Crippen LogP contribution is 2.25. The van der Waals surface area contributed by atoms with E-state index in [0.29, 0.717) is 23.7 Å². The zero-order valence-corrected chi connectivity index (χ0v) is 15.6. The second-order valence-electron chi connectivity index (χ2n) is 6.17. The summed E-state index contributed by atoms with van der Waals surface area (Å²) in [5.41, 5.74) is 1.87. The molecule has 0 saturated heterocycles. The molecule has 0 spiro atoms. The summed E-state index contributed by atoms with van der Waals surface area (Å²) in [6.07, 6.45) is 1.11. The lowest BCUT2D eigenvalue weighted by atomic mass is 10.0. The highest BCUT2D eigenvalue weighted by Gasteiger charge is 2.17. The zero-order chi connectivity index (χ0) is 18.4. The Bertz CT molecular complexity index is 828. The summed E-state index contributed by atoms with van der Waals surface area (Å²) in [5, 5.41) is 2.74. The lowest BCUT2D eigenvalue weighted by Crippen LogP contribution is -2.17. The molecule has 2 aromatic rings. The van der Waals surface area contributed by atoms with Gasteiger partial charge in [0.2, 0.25) is 5.91 Å². The summed E-state index contributed by atoms with van der Waals surface area (Å²) in [6.45, 7) is 6.02. The van der Waals surface area contributed by atoms with E-state index in [0.717, 1.165) is 12.0 Å². The molecule has 0 aliphatic rings. The molecule has 6 heteroatoms. The Morgan fingerprint density at radius 3 is 2.16 bits per heavy atom. The van der Waals surface area contributed by atoms with Crippen LogP contribution in [-0.2, 0) is 14.8 Å². The van der Waals surface area contributed by atoms with Crippen molar-refractivity contribution < 1.29 is 13.2 Å². The quantitative estimate of drug-likeness (QED) is 0.771. The minimum absolute atomic E-state index is 0.143. The first kappa shape index (κ1) is 19.0. The highest BCUT2D eigenvalue weighted by atomic mass is 32.2. The third kappa shape index (κ3) is 5.06. The second kappa shape index (κ2) is 8.16. The van der Waals surface area contributed by atoms with E-state index in [1.54, 1.807) is 36.4 Å². The molecule has 0 atom stereocenters. The second-order valence-corrected chi connectivity index (χ2v) is 7.86. The van der Waals surface area contributed by atoms with Gasteiger partial charge in [0.1, 0.15) is 0 Å². The number of sulfonamides is 1. The van der Waals surface area contributed by atoms with Crippen LogP contribution in [0.25, 0.3) is 0 Å². The Morgan fingerprint density at radius 1 is 1.00 bits per heavy atom.